The van der Waals surface area contributed by atoms with Crippen LogP contribution in [0, 0.1) is 0 Å². The SMILES string of the molecule is Nc1ccc(-c2cc(Cc3ccc(Br)cc3)no2)c(N)n1. The predicted molar refractivity (Wildman–Crippen MR) is 85.5 cm³/mol. The summed E-state index contributed by atoms with van der Waals surface area (Å²) < 4.78 is 6.40. The van der Waals surface area contributed by atoms with Crippen molar-refractivity contribution in [3.8, 4) is 11.3 Å². The fraction of sp³-hybridized carbons (Fsp3) is 0.0667. The number of halogens is 1. The Morgan fingerprint density at radius 2 is 1.81 bits per heavy atom. The summed E-state index contributed by atoms with van der Waals surface area (Å²) in [6.07, 6.45) is 0.694. The zero-order valence-electron chi connectivity index (χ0n) is 11.1. The molecule has 6 heteroatoms. The number of anilines is 2. The summed E-state index contributed by atoms with van der Waals surface area (Å²) in [5.74, 6) is 1.30. The van der Waals surface area contributed by atoms with Crippen LogP contribution in [0.4, 0.5) is 11.6 Å². The highest BCUT2D eigenvalue weighted by molar-refractivity contribution is 9.10. The summed E-state index contributed by atoms with van der Waals surface area (Å²) in [7, 11) is 0. The van der Waals surface area contributed by atoms with Crippen molar-refractivity contribution < 1.29 is 4.52 Å². The third-order valence-electron chi connectivity index (χ3n) is 3.07. The number of hydrogen-bond acceptors (Lipinski definition) is 5. The van der Waals surface area contributed by atoms with E-state index in [0.717, 1.165) is 15.7 Å². The molecular weight excluding hydrogens is 332 g/mol. The first-order valence-corrected chi connectivity index (χ1v) is 7.13. The fourth-order valence-corrected chi connectivity index (χ4v) is 2.30. The molecule has 21 heavy (non-hydrogen) atoms. The molecule has 0 aliphatic carbocycles. The van der Waals surface area contributed by atoms with Crippen LogP contribution in [0.1, 0.15) is 11.3 Å². The van der Waals surface area contributed by atoms with E-state index in [4.69, 9.17) is 16.0 Å². The molecule has 1 aromatic carbocycles. The van der Waals surface area contributed by atoms with Crippen molar-refractivity contribution in [3.05, 3.63) is 58.2 Å². The normalized spacial score (nSPS) is 10.7. The summed E-state index contributed by atoms with van der Waals surface area (Å²) in [6.45, 7) is 0. The van der Waals surface area contributed by atoms with Crippen molar-refractivity contribution in [1.82, 2.24) is 10.1 Å². The van der Waals surface area contributed by atoms with Crippen molar-refractivity contribution in [2.45, 2.75) is 6.42 Å². The molecule has 2 aromatic heterocycles. The molecule has 0 saturated carbocycles. The van der Waals surface area contributed by atoms with E-state index in [-0.39, 0.29) is 0 Å². The molecule has 2 heterocycles. The maximum Gasteiger partial charge on any atom is 0.170 e. The Morgan fingerprint density at radius 3 is 2.52 bits per heavy atom. The largest absolute Gasteiger partial charge is 0.384 e. The Bertz CT molecular complexity index is 768. The molecule has 0 spiro atoms. The van der Waals surface area contributed by atoms with Crippen LogP contribution in [-0.2, 0) is 6.42 Å². The van der Waals surface area contributed by atoms with E-state index < -0.39 is 0 Å². The summed E-state index contributed by atoms with van der Waals surface area (Å²) in [5.41, 5.74) is 14.1. The monoisotopic (exact) mass is 344 g/mol. The maximum atomic E-state index is 5.85. The molecule has 106 valence electrons. The van der Waals surface area contributed by atoms with Crippen molar-refractivity contribution in [1.29, 1.82) is 0 Å². The number of hydrogen-bond donors (Lipinski definition) is 2. The summed E-state index contributed by atoms with van der Waals surface area (Å²) in [5, 5.41) is 4.07. The third kappa shape index (κ3) is 3.05. The quantitative estimate of drug-likeness (QED) is 0.760. The van der Waals surface area contributed by atoms with Gasteiger partial charge in [-0.25, -0.2) is 4.98 Å². The van der Waals surface area contributed by atoms with Crippen LogP contribution < -0.4 is 11.5 Å². The van der Waals surface area contributed by atoms with Gasteiger partial charge < -0.3 is 16.0 Å². The number of benzene rings is 1. The summed E-state index contributed by atoms with van der Waals surface area (Å²) in [6, 6.07) is 13.4. The average molecular weight is 345 g/mol. The van der Waals surface area contributed by atoms with Crippen LogP contribution in [0.2, 0.25) is 0 Å². The summed E-state index contributed by atoms with van der Waals surface area (Å²) in [4.78, 5) is 4.02. The van der Waals surface area contributed by atoms with Crippen LogP contribution in [0.15, 0.2) is 51.5 Å². The van der Waals surface area contributed by atoms with Gasteiger partial charge in [-0.3, -0.25) is 0 Å². The first-order chi connectivity index (χ1) is 10.1. The van der Waals surface area contributed by atoms with Gasteiger partial charge in [0.25, 0.3) is 0 Å². The Labute approximate surface area is 130 Å². The van der Waals surface area contributed by atoms with Crippen LogP contribution in [0.3, 0.4) is 0 Å². The lowest BCUT2D eigenvalue weighted by Gasteiger charge is -2.00. The minimum atomic E-state index is 0.335. The zero-order valence-corrected chi connectivity index (χ0v) is 12.7. The minimum absolute atomic E-state index is 0.335. The number of aromatic nitrogens is 2. The molecule has 5 nitrogen and oxygen atoms in total. The van der Waals surface area contributed by atoms with Crippen LogP contribution in [0.5, 0.6) is 0 Å². The van der Waals surface area contributed by atoms with E-state index in [1.807, 2.05) is 30.3 Å². The molecule has 0 radical (unpaired) electrons. The molecule has 4 N–H and O–H groups in total. The van der Waals surface area contributed by atoms with E-state index in [1.165, 1.54) is 0 Å². The first-order valence-electron chi connectivity index (χ1n) is 6.34. The van der Waals surface area contributed by atoms with Gasteiger partial charge in [0.2, 0.25) is 0 Å². The smallest absolute Gasteiger partial charge is 0.170 e. The molecule has 0 saturated heterocycles. The minimum Gasteiger partial charge on any atom is -0.384 e. The highest BCUT2D eigenvalue weighted by atomic mass is 79.9. The second kappa shape index (κ2) is 5.57. The zero-order chi connectivity index (χ0) is 14.8. The second-order valence-corrected chi connectivity index (χ2v) is 5.57. The van der Waals surface area contributed by atoms with Crippen LogP contribution >= 0.6 is 15.9 Å². The van der Waals surface area contributed by atoms with Gasteiger partial charge in [-0.2, -0.15) is 0 Å². The van der Waals surface area contributed by atoms with Crippen LogP contribution in [-0.4, -0.2) is 10.1 Å². The van der Waals surface area contributed by atoms with Gasteiger partial charge in [0.05, 0.1) is 11.3 Å². The van der Waals surface area contributed by atoms with Gasteiger partial charge >= 0.3 is 0 Å². The number of nitrogen functional groups attached to an aromatic ring is 2. The van der Waals surface area contributed by atoms with Gasteiger partial charge in [0.1, 0.15) is 11.6 Å². The van der Waals surface area contributed by atoms with E-state index >= 15 is 0 Å². The second-order valence-electron chi connectivity index (χ2n) is 4.65. The van der Waals surface area contributed by atoms with Crippen LogP contribution in [0.25, 0.3) is 11.3 Å². The van der Waals surface area contributed by atoms with Gasteiger partial charge in [-0.05, 0) is 29.8 Å². The van der Waals surface area contributed by atoms with Gasteiger partial charge in [0.15, 0.2) is 5.76 Å². The number of pyridine rings is 1. The number of nitrogens with two attached hydrogens (primary N) is 2. The predicted octanol–water partition coefficient (Wildman–Crippen LogP) is 3.25. The standard InChI is InChI=1S/C15H13BrN4O/c16-10-3-1-9(2-4-10)7-11-8-13(21-20-11)12-5-6-14(17)19-15(12)18/h1-6,8H,7H2,(H4,17,18,19). The molecule has 0 amide bonds. The molecule has 0 bridgehead atoms. The molecule has 3 rings (SSSR count). The van der Waals surface area contributed by atoms with E-state index in [2.05, 4.69) is 26.1 Å². The number of rotatable bonds is 3. The highest BCUT2D eigenvalue weighted by Crippen LogP contribution is 2.26. The molecule has 0 atom stereocenters. The fourth-order valence-electron chi connectivity index (χ4n) is 2.03. The lowest BCUT2D eigenvalue weighted by Crippen LogP contribution is -1.97. The van der Waals surface area contributed by atoms with Crippen molar-refractivity contribution >= 4 is 27.6 Å². The molecule has 0 aliphatic heterocycles. The molecule has 3 aromatic rings. The number of nitrogens with zero attached hydrogens (tertiary/aromatic N) is 2. The highest BCUT2D eigenvalue weighted by Gasteiger charge is 2.11. The Kier molecular flexibility index (Phi) is 3.62. The third-order valence-corrected chi connectivity index (χ3v) is 3.60. The van der Waals surface area contributed by atoms with Crippen molar-refractivity contribution in [2.24, 2.45) is 0 Å². The van der Waals surface area contributed by atoms with Gasteiger partial charge in [-0.15, -0.1) is 0 Å². The van der Waals surface area contributed by atoms with Crippen molar-refractivity contribution in [2.75, 3.05) is 11.5 Å². The maximum absolute atomic E-state index is 5.85. The van der Waals surface area contributed by atoms with E-state index in [0.29, 0.717) is 29.4 Å². The van der Waals surface area contributed by atoms with Crippen molar-refractivity contribution in [3.63, 3.8) is 0 Å². The molecule has 0 fully saturated rings. The molecular formula is C15H13BrN4O. The van der Waals surface area contributed by atoms with Gasteiger partial charge in [-0.1, -0.05) is 33.2 Å². The average Bonchev–Trinajstić information content (AvgIpc) is 2.90. The lowest BCUT2D eigenvalue weighted by atomic mass is 10.1. The molecule has 0 aliphatic rings. The van der Waals surface area contributed by atoms with E-state index in [9.17, 15) is 0 Å². The lowest BCUT2D eigenvalue weighted by molar-refractivity contribution is 0.425. The molecule has 0 unspecified atom stereocenters. The topological polar surface area (TPSA) is 91.0 Å². The Balaban J connectivity index is 1.84. The Morgan fingerprint density at radius 1 is 1.05 bits per heavy atom. The first kappa shape index (κ1) is 13.6. The van der Waals surface area contributed by atoms with Gasteiger partial charge in [0, 0.05) is 17.0 Å². The van der Waals surface area contributed by atoms with E-state index in [1.54, 1.807) is 12.1 Å². The Hall–Kier alpha value is -2.34. The summed E-state index contributed by atoms with van der Waals surface area (Å²) >= 11 is 3.41.